The maximum absolute atomic E-state index is 5.75. The molecule has 3 rings (SSSR count). The topological polar surface area (TPSA) is 25.4 Å². The SMILES string of the molecule is Clc1ccc(N2C[C@H]3OCC32)nc1. The van der Waals surface area contributed by atoms with Crippen LogP contribution in [0.5, 0.6) is 0 Å². The predicted molar refractivity (Wildman–Crippen MR) is 50.1 cm³/mol. The van der Waals surface area contributed by atoms with Crippen molar-refractivity contribution in [1.82, 2.24) is 4.98 Å². The molecular weight excluding hydrogens is 188 g/mol. The first-order valence-corrected chi connectivity index (χ1v) is 4.72. The van der Waals surface area contributed by atoms with Crippen LogP contribution in [0.4, 0.5) is 5.82 Å². The van der Waals surface area contributed by atoms with E-state index in [0.29, 0.717) is 17.2 Å². The van der Waals surface area contributed by atoms with Crippen molar-refractivity contribution in [2.45, 2.75) is 12.1 Å². The van der Waals surface area contributed by atoms with Gasteiger partial charge in [0, 0.05) is 12.7 Å². The number of pyridine rings is 1. The molecule has 0 bridgehead atoms. The van der Waals surface area contributed by atoms with Gasteiger partial charge in [-0.25, -0.2) is 4.98 Å². The Morgan fingerprint density at radius 3 is 2.92 bits per heavy atom. The summed E-state index contributed by atoms with van der Waals surface area (Å²) in [6.45, 7) is 1.81. The number of halogens is 1. The monoisotopic (exact) mass is 196 g/mol. The van der Waals surface area contributed by atoms with Crippen LogP contribution >= 0.6 is 11.6 Å². The standard InChI is InChI=1S/C9H9ClN2O/c10-6-1-2-9(11-3-6)12-4-8-7(12)5-13-8/h1-3,7-8H,4-5H2/t7?,8-/m1/s1. The summed E-state index contributed by atoms with van der Waals surface area (Å²) in [6.07, 6.45) is 2.14. The zero-order valence-electron chi connectivity index (χ0n) is 6.98. The number of nitrogens with zero attached hydrogens (tertiary/aromatic N) is 2. The van der Waals surface area contributed by atoms with Crippen molar-refractivity contribution in [2.75, 3.05) is 18.1 Å². The molecule has 0 aromatic carbocycles. The van der Waals surface area contributed by atoms with Crippen LogP contribution in [0, 0.1) is 0 Å². The normalized spacial score (nSPS) is 30.4. The van der Waals surface area contributed by atoms with Crippen LogP contribution in [-0.2, 0) is 4.74 Å². The molecule has 0 amide bonds. The van der Waals surface area contributed by atoms with E-state index >= 15 is 0 Å². The highest BCUT2D eigenvalue weighted by molar-refractivity contribution is 6.30. The van der Waals surface area contributed by atoms with Gasteiger partial charge in [0.1, 0.15) is 5.82 Å². The van der Waals surface area contributed by atoms with E-state index in [1.165, 1.54) is 0 Å². The number of anilines is 1. The van der Waals surface area contributed by atoms with E-state index in [2.05, 4.69) is 9.88 Å². The van der Waals surface area contributed by atoms with Gasteiger partial charge in [0.2, 0.25) is 0 Å². The number of hydrogen-bond acceptors (Lipinski definition) is 3. The van der Waals surface area contributed by atoms with E-state index in [9.17, 15) is 0 Å². The molecule has 3 heterocycles. The first-order chi connectivity index (χ1) is 6.34. The molecule has 1 aromatic rings. The molecule has 2 aliphatic rings. The lowest BCUT2D eigenvalue weighted by Gasteiger charge is -2.55. The van der Waals surface area contributed by atoms with Gasteiger partial charge < -0.3 is 9.64 Å². The molecule has 0 saturated carbocycles. The predicted octanol–water partition coefficient (Wildman–Crippen LogP) is 1.32. The number of fused-ring (bicyclic) bond motifs is 1. The molecule has 1 unspecified atom stereocenters. The lowest BCUT2D eigenvalue weighted by atomic mass is 9.95. The van der Waals surface area contributed by atoms with E-state index in [0.717, 1.165) is 19.0 Å². The zero-order valence-corrected chi connectivity index (χ0v) is 7.74. The Kier molecular flexibility index (Phi) is 1.51. The second-order valence-corrected chi connectivity index (χ2v) is 3.86. The van der Waals surface area contributed by atoms with E-state index < -0.39 is 0 Å². The zero-order chi connectivity index (χ0) is 8.84. The van der Waals surface area contributed by atoms with E-state index in [1.807, 2.05) is 12.1 Å². The first-order valence-electron chi connectivity index (χ1n) is 4.34. The Hall–Kier alpha value is -0.800. The molecule has 3 nitrogen and oxygen atoms in total. The summed E-state index contributed by atoms with van der Waals surface area (Å²) in [5, 5.41) is 0.686. The Morgan fingerprint density at radius 1 is 1.54 bits per heavy atom. The third-order valence-corrected chi connectivity index (χ3v) is 2.92. The van der Waals surface area contributed by atoms with Gasteiger partial charge in [-0.05, 0) is 12.1 Å². The lowest BCUT2D eigenvalue weighted by Crippen LogP contribution is -2.71. The summed E-state index contributed by atoms with van der Waals surface area (Å²) >= 11 is 5.75. The number of morpholine rings is 1. The summed E-state index contributed by atoms with van der Waals surface area (Å²) in [6, 6.07) is 4.39. The van der Waals surface area contributed by atoms with E-state index in [4.69, 9.17) is 16.3 Å². The molecule has 13 heavy (non-hydrogen) atoms. The minimum absolute atomic E-state index is 0.456. The van der Waals surface area contributed by atoms with E-state index in [1.54, 1.807) is 6.20 Å². The molecule has 1 aromatic heterocycles. The van der Waals surface area contributed by atoms with Crippen molar-refractivity contribution in [2.24, 2.45) is 0 Å². The minimum Gasteiger partial charge on any atom is -0.372 e. The van der Waals surface area contributed by atoms with Crippen molar-refractivity contribution in [3.63, 3.8) is 0 Å². The molecule has 0 spiro atoms. The Labute approximate surface area is 81.3 Å². The third-order valence-electron chi connectivity index (χ3n) is 2.69. The van der Waals surface area contributed by atoms with Gasteiger partial charge in [0.15, 0.2) is 0 Å². The highest BCUT2D eigenvalue weighted by Crippen LogP contribution is 2.33. The second-order valence-electron chi connectivity index (χ2n) is 3.43. The first kappa shape index (κ1) is 7.59. The van der Waals surface area contributed by atoms with Crippen molar-refractivity contribution in [3.8, 4) is 0 Å². The molecule has 4 heteroatoms. The van der Waals surface area contributed by atoms with Gasteiger partial charge in [0.05, 0.1) is 23.8 Å². The smallest absolute Gasteiger partial charge is 0.129 e. The summed E-state index contributed by atoms with van der Waals surface area (Å²) in [7, 11) is 0. The molecule has 0 aliphatic carbocycles. The summed E-state index contributed by atoms with van der Waals surface area (Å²) in [5.41, 5.74) is 0. The van der Waals surface area contributed by atoms with Crippen LogP contribution in [0.3, 0.4) is 0 Å². The van der Waals surface area contributed by atoms with Crippen LogP contribution < -0.4 is 4.90 Å². The van der Waals surface area contributed by atoms with Gasteiger partial charge in [0.25, 0.3) is 0 Å². The fraction of sp³-hybridized carbons (Fsp3) is 0.444. The fourth-order valence-corrected chi connectivity index (χ4v) is 1.89. The summed E-state index contributed by atoms with van der Waals surface area (Å²) in [4.78, 5) is 6.51. The van der Waals surface area contributed by atoms with Crippen molar-refractivity contribution in [3.05, 3.63) is 23.4 Å². The molecule has 2 aliphatic heterocycles. The van der Waals surface area contributed by atoms with E-state index in [-0.39, 0.29) is 0 Å². The minimum atomic E-state index is 0.456. The van der Waals surface area contributed by atoms with Crippen molar-refractivity contribution in [1.29, 1.82) is 0 Å². The number of hydrogen-bond donors (Lipinski definition) is 0. The summed E-state index contributed by atoms with van der Waals surface area (Å²) in [5.74, 6) is 1.01. The van der Waals surface area contributed by atoms with Gasteiger partial charge in [-0.1, -0.05) is 11.6 Å². The molecular formula is C9H9ClN2O. The Morgan fingerprint density at radius 2 is 2.46 bits per heavy atom. The summed E-state index contributed by atoms with van der Waals surface area (Å²) < 4.78 is 5.31. The fourth-order valence-electron chi connectivity index (χ4n) is 1.78. The molecule has 0 radical (unpaired) electrons. The number of aromatic nitrogens is 1. The molecule has 2 saturated heterocycles. The van der Waals surface area contributed by atoms with Crippen LogP contribution in [-0.4, -0.2) is 30.3 Å². The Bertz CT molecular complexity index is 327. The number of rotatable bonds is 1. The lowest BCUT2D eigenvalue weighted by molar-refractivity contribution is -0.113. The van der Waals surface area contributed by atoms with Crippen LogP contribution in [0.25, 0.3) is 0 Å². The number of ether oxygens (including phenoxy) is 1. The van der Waals surface area contributed by atoms with Gasteiger partial charge in [-0.15, -0.1) is 0 Å². The van der Waals surface area contributed by atoms with Crippen LogP contribution in [0.2, 0.25) is 5.02 Å². The highest BCUT2D eigenvalue weighted by Gasteiger charge is 2.47. The molecule has 2 fully saturated rings. The van der Waals surface area contributed by atoms with Crippen molar-refractivity contribution < 1.29 is 4.74 Å². The largest absolute Gasteiger partial charge is 0.372 e. The highest BCUT2D eigenvalue weighted by atomic mass is 35.5. The van der Waals surface area contributed by atoms with Crippen LogP contribution in [0.1, 0.15) is 0 Å². The Balaban J connectivity index is 1.81. The third kappa shape index (κ3) is 1.04. The van der Waals surface area contributed by atoms with Gasteiger partial charge in [-0.3, -0.25) is 0 Å². The average Bonchev–Trinajstić information content (AvgIpc) is 2.12. The molecule has 2 atom stereocenters. The van der Waals surface area contributed by atoms with Crippen LogP contribution in [0.15, 0.2) is 18.3 Å². The van der Waals surface area contributed by atoms with Gasteiger partial charge >= 0.3 is 0 Å². The van der Waals surface area contributed by atoms with Crippen molar-refractivity contribution >= 4 is 17.4 Å². The second kappa shape index (κ2) is 2.59. The maximum atomic E-state index is 5.75. The molecule has 0 N–H and O–H groups in total. The maximum Gasteiger partial charge on any atom is 0.129 e. The quantitative estimate of drug-likeness (QED) is 0.678. The van der Waals surface area contributed by atoms with Gasteiger partial charge in [-0.2, -0.15) is 0 Å². The molecule has 68 valence electrons. The average molecular weight is 197 g/mol.